The Morgan fingerprint density at radius 3 is 2.57 bits per heavy atom. The summed E-state index contributed by atoms with van der Waals surface area (Å²) in [4.78, 5) is 0. The smallest absolute Gasteiger partial charge is 0.162 e. The van der Waals surface area contributed by atoms with Crippen LogP contribution in [-0.4, -0.2) is 5.54 Å². The van der Waals surface area contributed by atoms with Gasteiger partial charge in [0.15, 0.2) is 11.6 Å². The highest BCUT2D eigenvalue weighted by molar-refractivity contribution is 5.24. The molecule has 2 aromatic rings. The van der Waals surface area contributed by atoms with Gasteiger partial charge in [0.05, 0.1) is 6.26 Å². The molecule has 0 aliphatic carbocycles. The van der Waals surface area contributed by atoms with Gasteiger partial charge in [-0.05, 0) is 39.0 Å². The molecule has 3 nitrogen and oxygen atoms in total. The maximum atomic E-state index is 13.1. The number of hydrogen-bond acceptors (Lipinski definition) is 3. The molecule has 0 amide bonds. The summed E-state index contributed by atoms with van der Waals surface area (Å²) in [5.41, 5.74) is 0.975. The van der Waals surface area contributed by atoms with E-state index < -0.39 is 11.6 Å². The maximum Gasteiger partial charge on any atom is 0.162 e. The molecule has 1 N–H and O–H groups in total. The highest BCUT2D eigenvalue weighted by atomic mass is 19.2. The Kier molecular flexibility index (Phi) is 4.63. The van der Waals surface area contributed by atoms with E-state index in [1.807, 2.05) is 6.07 Å². The lowest BCUT2D eigenvalue weighted by atomic mass is 10.1. The zero-order valence-electron chi connectivity index (χ0n) is 12.4. The number of nitrogens with one attached hydrogen (secondary N) is 1. The summed E-state index contributed by atoms with van der Waals surface area (Å²) < 4.78 is 36.7. The van der Waals surface area contributed by atoms with Crippen molar-refractivity contribution in [2.45, 2.75) is 39.5 Å². The Morgan fingerprint density at radius 1 is 1.14 bits per heavy atom. The normalized spacial score (nSPS) is 11.7. The first-order valence-corrected chi connectivity index (χ1v) is 6.73. The Bertz CT molecular complexity index is 603. The van der Waals surface area contributed by atoms with Gasteiger partial charge in [-0.25, -0.2) is 8.78 Å². The summed E-state index contributed by atoms with van der Waals surface area (Å²) >= 11 is 0. The first-order chi connectivity index (χ1) is 9.85. The first-order valence-electron chi connectivity index (χ1n) is 6.73. The van der Waals surface area contributed by atoms with E-state index in [2.05, 4.69) is 26.1 Å². The van der Waals surface area contributed by atoms with Crippen molar-refractivity contribution in [3.05, 3.63) is 53.5 Å². The molecule has 5 heteroatoms. The highest BCUT2D eigenvalue weighted by Gasteiger charge is 2.13. The lowest BCUT2D eigenvalue weighted by Crippen LogP contribution is -2.35. The molecule has 1 aromatic carbocycles. The summed E-state index contributed by atoms with van der Waals surface area (Å²) in [6.45, 7) is 7.04. The second-order valence-electron chi connectivity index (χ2n) is 5.84. The van der Waals surface area contributed by atoms with Gasteiger partial charge in [0.25, 0.3) is 0 Å². The highest BCUT2D eigenvalue weighted by Crippen LogP contribution is 2.19. The van der Waals surface area contributed by atoms with E-state index in [4.69, 9.17) is 9.15 Å². The van der Waals surface area contributed by atoms with E-state index in [9.17, 15) is 8.78 Å². The molecule has 21 heavy (non-hydrogen) atoms. The van der Waals surface area contributed by atoms with E-state index in [-0.39, 0.29) is 17.9 Å². The van der Waals surface area contributed by atoms with Gasteiger partial charge in [-0.15, -0.1) is 0 Å². The van der Waals surface area contributed by atoms with Crippen LogP contribution in [0.2, 0.25) is 0 Å². The van der Waals surface area contributed by atoms with Crippen molar-refractivity contribution >= 4 is 0 Å². The van der Waals surface area contributed by atoms with Crippen molar-refractivity contribution in [2.24, 2.45) is 0 Å². The van der Waals surface area contributed by atoms with Crippen molar-refractivity contribution in [3.8, 4) is 5.75 Å². The van der Waals surface area contributed by atoms with Crippen LogP contribution in [0.5, 0.6) is 5.75 Å². The van der Waals surface area contributed by atoms with Crippen LogP contribution < -0.4 is 10.1 Å². The van der Waals surface area contributed by atoms with Crippen molar-refractivity contribution in [1.82, 2.24) is 5.32 Å². The summed E-state index contributed by atoms with van der Waals surface area (Å²) in [6.07, 6.45) is 1.59. The van der Waals surface area contributed by atoms with Crippen molar-refractivity contribution < 1.29 is 17.9 Å². The van der Waals surface area contributed by atoms with Crippen LogP contribution in [0.15, 0.2) is 34.9 Å². The van der Waals surface area contributed by atoms with Crippen molar-refractivity contribution in [1.29, 1.82) is 0 Å². The summed E-state index contributed by atoms with van der Waals surface area (Å²) in [5, 5.41) is 3.35. The fourth-order valence-corrected chi connectivity index (χ4v) is 1.73. The van der Waals surface area contributed by atoms with Gasteiger partial charge in [-0.1, -0.05) is 0 Å². The van der Waals surface area contributed by atoms with Crippen LogP contribution in [-0.2, 0) is 13.2 Å². The molecule has 0 atom stereocenters. The third-order valence-electron chi connectivity index (χ3n) is 2.91. The van der Waals surface area contributed by atoms with Gasteiger partial charge < -0.3 is 14.5 Å². The Morgan fingerprint density at radius 2 is 1.90 bits per heavy atom. The molecular formula is C16H19F2NO2. The van der Waals surface area contributed by atoms with Crippen LogP contribution in [0, 0.1) is 11.6 Å². The third-order valence-corrected chi connectivity index (χ3v) is 2.91. The van der Waals surface area contributed by atoms with Crippen molar-refractivity contribution in [3.63, 3.8) is 0 Å². The van der Waals surface area contributed by atoms with Crippen molar-refractivity contribution in [2.75, 3.05) is 0 Å². The largest absolute Gasteiger partial charge is 0.486 e. The molecule has 0 saturated carbocycles. The van der Waals surface area contributed by atoms with Gasteiger partial charge in [-0.2, -0.15) is 0 Å². The molecule has 0 radical (unpaired) electrons. The molecular weight excluding hydrogens is 276 g/mol. The minimum Gasteiger partial charge on any atom is -0.486 e. The number of hydrogen-bond donors (Lipinski definition) is 1. The van der Waals surface area contributed by atoms with Gasteiger partial charge in [0, 0.05) is 23.7 Å². The lowest BCUT2D eigenvalue weighted by molar-refractivity contribution is 0.265. The van der Waals surface area contributed by atoms with E-state index in [0.717, 1.165) is 17.7 Å². The SMILES string of the molecule is CC(C)(C)NCc1ccoc1COc1ccc(F)c(F)c1. The quantitative estimate of drug-likeness (QED) is 0.904. The molecule has 0 unspecified atom stereocenters. The maximum absolute atomic E-state index is 13.1. The van der Waals surface area contributed by atoms with Gasteiger partial charge in [0.1, 0.15) is 18.1 Å². The van der Waals surface area contributed by atoms with Crippen LogP contribution in [0.4, 0.5) is 8.78 Å². The number of ether oxygens (including phenoxy) is 1. The zero-order valence-corrected chi connectivity index (χ0v) is 12.4. The number of halogens is 2. The minimum absolute atomic E-state index is 0.00448. The molecule has 0 aliphatic rings. The summed E-state index contributed by atoms with van der Waals surface area (Å²) in [7, 11) is 0. The molecule has 114 valence electrons. The molecule has 1 aromatic heterocycles. The minimum atomic E-state index is -0.929. The number of benzene rings is 1. The molecule has 0 spiro atoms. The van der Waals surface area contributed by atoms with E-state index in [1.165, 1.54) is 6.07 Å². The molecule has 0 bridgehead atoms. The van der Waals surface area contributed by atoms with Gasteiger partial charge in [0.2, 0.25) is 0 Å². The molecule has 1 heterocycles. The van der Waals surface area contributed by atoms with E-state index >= 15 is 0 Å². The molecule has 2 rings (SSSR count). The molecule has 0 saturated heterocycles. The van der Waals surface area contributed by atoms with Gasteiger partial charge >= 0.3 is 0 Å². The molecule has 0 fully saturated rings. The summed E-state index contributed by atoms with van der Waals surface area (Å²) in [5.74, 6) is -0.895. The third kappa shape index (κ3) is 4.56. The van der Waals surface area contributed by atoms with Crippen LogP contribution in [0.3, 0.4) is 0 Å². The monoisotopic (exact) mass is 295 g/mol. The number of furan rings is 1. The Balaban J connectivity index is 1.97. The fraction of sp³-hybridized carbons (Fsp3) is 0.375. The fourth-order valence-electron chi connectivity index (χ4n) is 1.73. The average molecular weight is 295 g/mol. The lowest BCUT2D eigenvalue weighted by Gasteiger charge is -2.20. The topological polar surface area (TPSA) is 34.4 Å². The van der Waals surface area contributed by atoms with Crippen LogP contribution in [0.25, 0.3) is 0 Å². The zero-order chi connectivity index (χ0) is 15.5. The van der Waals surface area contributed by atoms with Gasteiger partial charge in [-0.3, -0.25) is 0 Å². The van der Waals surface area contributed by atoms with E-state index in [1.54, 1.807) is 6.26 Å². The van der Waals surface area contributed by atoms with Crippen LogP contribution in [0.1, 0.15) is 32.1 Å². The first kappa shape index (κ1) is 15.5. The standard InChI is InChI=1S/C16H19F2NO2/c1-16(2,3)19-9-11-6-7-20-15(11)10-21-12-4-5-13(17)14(18)8-12/h4-8,19H,9-10H2,1-3H3. The predicted molar refractivity (Wildman–Crippen MR) is 76.0 cm³/mol. The second-order valence-corrected chi connectivity index (χ2v) is 5.84. The Labute approximate surface area is 122 Å². The average Bonchev–Trinajstić information content (AvgIpc) is 2.84. The Hall–Kier alpha value is -1.88. The van der Waals surface area contributed by atoms with E-state index in [0.29, 0.717) is 12.3 Å². The van der Waals surface area contributed by atoms with Crippen LogP contribution >= 0.6 is 0 Å². The summed E-state index contributed by atoms with van der Waals surface area (Å²) in [6, 6.07) is 5.30. The number of rotatable bonds is 5. The second kappa shape index (κ2) is 6.26. The molecule has 0 aliphatic heterocycles. The predicted octanol–water partition coefficient (Wildman–Crippen LogP) is 4.02.